The topological polar surface area (TPSA) is 0 Å². The van der Waals surface area contributed by atoms with E-state index < -0.39 is 0 Å². The third-order valence-corrected chi connectivity index (χ3v) is 5.69. The summed E-state index contributed by atoms with van der Waals surface area (Å²) in [5, 5.41) is 1.19. The van der Waals surface area contributed by atoms with E-state index in [-0.39, 0.29) is 0 Å². The molecule has 2 aliphatic carbocycles. The Labute approximate surface area is 128 Å². The molecule has 19 heavy (non-hydrogen) atoms. The third-order valence-electron chi connectivity index (χ3n) is 5.12. The molecule has 0 aromatic rings. The van der Waals surface area contributed by atoms with Gasteiger partial charge in [0.05, 0.1) is 0 Å². The lowest BCUT2D eigenvalue weighted by Crippen LogP contribution is -2.06. The van der Waals surface area contributed by atoms with Crippen molar-refractivity contribution in [2.45, 2.75) is 77.0 Å². The maximum atomic E-state index is 3.50. The van der Waals surface area contributed by atoms with Crippen molar-refractivity contribution in [2.75, 3.05) is 5.33 Å². The Bertz CT molecular complexity index is 258. The SMILES string of the molecule is BrCCCCCCCCCCCC1CC2C=CC1C2. The van der Waals surface area contributed by atoms with E-state index in [4.69, 9.17) is 0 Å². The summed E-state index contributed by atoms with van der Waals surface area (Å²) in [6.45, 7) is 0. The highest BCUT2D eigenvalue weighted by atomic mass is 79.9. The summed E-state index contributed by atoms with van der Waals surface area (Å²) in [5.41, 5.74) is 0. The van der Waals surface area contributed by atoms with E-state index in [1.54, 1.807) is 0 Å². The fourth-order valence-electron chi connectivity index (χ4n) is 3.96. The van der Waals surface area contributed by atoms with E-state index in [1.165, 1.54) is 82.4 Å². The van der Waals surface area contributed by atoms with Gasteiger partial charge in [0.1, 0.15) is 0 Å². The summed E-state index contributed by atoms with van der Waals surface area (Å²) < 4.78 is 0. The van der Waals surface area contributed by atoms with E-state index >= 15 is 0 Å². The first kappa shape index (κ1) is 15.6. The van der Waals surface area contributed by atoms with E-state index in [9.17, 15) is 0 Å². The highest BCUT2D eigenvalue weighted by Crippen LogP contribution is 2.45. The monoisotopic (exact) mass is 326 g/mol. The van der Waals surface area contributed by atoms with Gasteiger partial charge in [-0.25, -0.2) is 0 Å². The molecule has 0 aromatic heterocycles. The summed E-state index contributed by atoms with van der Waals surface area (Å²) in [5.74, 6) is 2.99. The zero-order chi connectivity index (χ0) is 13.3. The second-order valence-corrected chi connectivity index (χ2v) is 7.49. The average Bonchev–Trinajstić information content (AvgIpc) is 3.03. The highest BCUT2D eigenvalue weighted by molar-refractivity contribution is 9.09. The first-order valence-corrected chi connectivity index (χ1v) is 9.76. The van der Waals surface area contributed by atoms with Crippen molar-refractivity contribution in [2.24, 2.45) is 17.8 Å². The van der Waals surface area contributed by atoms with Gasteiger partial charge in [-0.2, -0.15) is 0 Å². The molecular formula is C18H31Br. The van der Waals surface area contributed by atoms with Crippen molar-refractivity contribution >= 4 is 15.9 Å². The molecule has 0 amide bonds. The van der Waals surface area contributed by atoms with Gasteiger partial charge in [-0.3, -0.25) is 0 Å². The second-order valence-electron chi connectivity index (χ2n) is 6.70. The minimum Gasteiger partial charge on any atom is -0.0928 e. The quantitative estimate of drug-likeness (QED) is 0.231. The molecule has 0 radical (unpaired) electrons. The molecule has 2 bridgehead atoms. The molecule has 0 aliphatic heterocycles. The van der Waals surface area contributed by atoms with Crippen LogP contribution in [0.5, 0.6) is 0 Å². The van der Waals surface area contributed by atoms with Crippen LogP contribution in [0.4, 0.5) is 0 Å². The molecule has 2 aliphatic rings. The van der Waals surface area contributed by atoms with E-state index in [0.29, 0.717) is 0 Å². The van der Waals surface area contributed by atoms with Gasteiger partial charge in [-0.15, -0.1) is 0 Å². The smallest absolute Gasteiger partial charge is 0.00313 e. The molecule has 0 spiro atoms. The molecule has 3 atom stereocenters. The number of hydrogen-bond acceptors (Lipinski definition) is 0. The van der Waals surface area contributed by atoms with Gasteiger partial charge in [0.15, 0.2) is 0 Å². The second kappa shape index (κ2) is 9.21. The molecule has 0 aromatic carbocycles. The zero-order valence-electron chi connectivity index (χ0n) is 12.5. The first-order chi connectivity index (χ1) is 9.40. The van der Waals surface area contributed by atoms with Crippen LogP contribution in [0.2, 0.25) is 0 Å². The summed E-state index contributed by atoms with van der Waals surface area (Å²) >= 11 is 3.50. The Kier molecular flexibility index (Phi) is 7.56. The number of fused-ring (bicyclic) bond motifs is 2. The van der Waals surface area contributed by atoms with Crippen molar-refractivity contribution < 1.29 is 0 Å². The summed E-state index contributed by atoms with van der Waals surface area (Å²) in [4.78, 5) is 0. The van der Waals surface area contributed by atoms with Crippen molar-refractivity contribution in [1.82, 2.24) is 0 Å². The molecule has 1 fully saturated rings. The molecule has 0 heterocycles. The van der Waals surface area contributed by atoms with Gasteiger partial charge in [0.2, 0.25) is 0 Å². The first-order valence-electron chi connectivity index (χ1n) is 8.64. The maximum Gasteiger partial charge on any atom is 0.00313 e. The number of alkyl halides is 1. The largest absolute Gasteiger partial charge is 0.0928 e. The number of allylic oxidation sites excluding steroid dienone is 2. The number of halogens is 1. The number of hydrogen-bond donors (Lipinski definition) is 0. The summed E-state index contributed by atoms with van der Waals surface area (Å²) in [6.07, 6.45) is 22.6. The van der Waals surface area contributed by atoms with Crippen molar-refractivity contribution in [3.8, 4) is 0 Å². The number of rotatable bonds is 11. The number of unbranched alkanes of at least 4 members (excludes halogenated alkanes) is 8. The van der Waals surface area contributed by atoms with Crippen LogP contribution in [0, 0.1) is 17.8 Å². The highest BCUT2D eigenvalue weighted by Gasteiger charge is 2.34. The Hall–Kier alpha value is 0.220. The fourth-order valence-corrected chi connectivity index (χ4v) is 4.36. The lowest BCUT2D eigenvalue weighted by atomic mass is 9.88. The lowest BCUT2D eigenvalue weighted by Gasteiger charge is -2.17. The van der Waals surface area contributed by atoms with Crippen LogP contribution in [0.1, 0.15) is 77.0 Å². The molecular weight excluding hydrogens is 296 g/mol. The van der Waals surface area contributed by atoms with Gasteiger partial charge in [-0.1, -0.05) is 79.4 Å². The fraction of sp³-hybridized carbons (Fsp3) is 0.889. The zero-order valence-corrected chi connectivity index (χ0v) is 14.0. The van der Waals surface area contributed by atoms with Crippen LogP contribution >= 0.6 is 15.9 Å². The molecule has 0 N–H and O–H groups in total. The van der Waals surface area contributed by atoms with Gasteiger partial charge < -0.3 is 0 Å². The Balaban J connectivity index is 1.34. The predicted octanol–water partition coefficient (Wildman–Crippen LogP) is 6.49. The minimum atomic E-state index is 0.967. The van der Waals surface area contributed by atoms with E-state index in [1.807, 2.05) is 0 Å². The normalized spacial score (nSPS) is 28.4. The van der Waals surface area contributed by atoms with Crippen LogP contribution in [0.25, 0.3) is 0 Å². The van der Waals surface area contributed by atoms with Crippen molar-refractivity contribution in [3.63, 3.8) is 0 Å². The Morgan fingerprint density at radius 3 is 1.89 bits per heavy atom. The molecule has 1 heteroatoms. The molecule has 0 saturated heterocycles. The van der Waals surface area contributed by atoms with Crippen LogP contribution in [-0.2, 0) is 0 Å². The predicted molar refractivity (Wildman–Crippen MR) is 88.8 cm³/mol. The lowest BCUT2D eigenvalue weighted by molar-refractivity contribution is 0.393. The van der Waals surface area contributed by atoms with Gasteiger partial charge >= 0.3 is 0 Å². The van der Waals surface area contributed by atoms with Gasteiger partial charge in [-0.05, 0) is 43.4 Å². The van der Waals surface area contributed by atoms with E-state index in [2.05, 4.69) is 28.1 Å². The van der Waals surface area contributed by atoms with Gasteiger partial charge in [0.25, 0.3) is 0 Å². The van der Waals surface area contributed by atoms with Crippen LogP contribution in [-0.4, -0.2) is 5.33 Å². The van der Waals surface area contributed by atoms with Crippen LogP contribution < -0.4 is 0 Å². The molecule has 110 valence electrons. The van der Waals surface area contributed by atoms with Crippen molar-refractivity contribution in [3.05, 3.63) is 12.2 Å². The molecule has 1 saturated carbocycles. The van der Waals surface area contributed by atoms with Gasteiger partial charge in [0, 0.05) is 5.33 Å². The molecule has 0 nitrogen and oxygen atoms in total. The maximum absolute atomic E-state index is 3.50. The molecule has 2 rings (SSSR count). The summed E-state index contributed by atoms with van der Waals surface area (Å²) in [7, 11) is 0. The Morgan fingerprint density at radius 2 is 1.37 bits per heavy atom. The van der Waals surface area contributed by atoms with Crippen molar-refractivity contribution in [1.29, 1.82) is 0 Å². The van der Waals surface area contributed by atoms with E-state index in [0.717, 1.165) is 17.8 Å². The van der Waals surface area contributed by atoms with Crippen LogP contribution in [0.3, 0.4) is 0 Å². The standard InChI is InChI=1S/C18H31Br/c19-13-9-7-5-3-1-2-4-6-8-10-17-14-16-11-12-18(17)15-16/h11-12,16-18H,1-10,13-15H2. The Morgan fingerprint density at radius 1 is 0.737 bits per heavy atom. The summed E-state index contributed by atoms with van der Waals surface area (Å²) in [6, 6.07) is 0. The average molecular weight is 327 g/mol. The molecule has 3 unspecified atom stereocenters. The third kappa shape index (κ3) is 5.61. The minimum absolute atomic E-state index is 0.967. The van der Waals surface area contributed by atoms with Crippen LogP contribution in [0.15, 0.2) is 12.2 Å².